The van der Waals surface area contributed by atoms with Crippen LogP contribution in [0.15, 0.2) is 30.9 Å². The summed E-state index contributed by atoms with van der Waals surface area (Å²) in [7, 11) is 0. The van der Waals surface area contributed by atoms with Gasteiger partial charge in [-0.3, -0.25) is 4.98 Å². The van der Waals surface area contributed by atoms with E-state index in [1.807, 2.05) is 12.1 Å². The second-order valence-electron chi connectivity index (χ2n) is 4.12. The van der Waals surface area contributed by atoms with Crippen LogP contribution in [0.1, 0.15) is 15.2 Å². The maximum atomic E-state index is 11.2. The lowest BCUT2D eigenvalue weighted by Gasteiger charge is -2.06. The highest BCUT2D eigenvalue weighted by atomic mass is 32.1. The summed E-state index contributed by atoms with van der Waals surface area (Å²) in [5.41, 5.74) is 1.51. The van der Waals surface area contributed by atoms with E-state index >= 15 is 0 Å². The van der Waals surface area contributed by atoms with Crippen molar-refractivity contribution in [2.75, 3.05) is 5.32 Å². The molecule has 0 aliphatic carbocycles. The molecule has 0 aliphatic rings. The average molecular weight is 286 g/mol. The summed E-state index contributed by atoms with van der Waals surface area (Å²) in [4.78, 5) is 24.4. The molecule has 0 saturated carbocycles. The van der Waals surface area contributed by atoms with Crippen LogP contribution in [-0.2, 0) is 0 Å². The number of fused-ring (bicyclic) bond motifs is 1. The topological polar surface area (TPSA) is 88.0 Å². The normalized spacial score (nSPS) is 10.7. The van der Waals surface area contributed by atoms with Gasteiger partial charge in [-0.2, -0.15) is 0 Å². The molecule has 0 fully saturated rings. The number of carboxylic acids is 1. The summed E-state index contributed by atoms with van der Waals surface area (Å²) in [6.45, 7) is 1.77. The van der Waals surface area contributed by atoms with Gasteiger partial charge in [-0.1, -0.05) is 0 Å². The third-order valence-electron chi connectivity index (χ3n) is 2.86. The van der Waals surface area contributed by atoms with Crippen molar-refractivity contribution in [2.24, 2.45) is 0 Å². The highest BCUT2D eigenvalue weighted by Gasteiger charge is 2.18. The average Bonchev–Trinajstić information content (AvgIpc) is 2.79. The fraction of sp³-hybridized carbons (Fsp3) is 0.0769. The number of thiophene rings is 1. The van der Waals surface area contributed by atoms with E-state index in [4.69, 9.17) is 0 Å². The van der Waals surface area contributed by atoms with E-state index in [1.165, 1.54) is 6.33 Å². The summed E-state index contributed by atoms with van der Waals surface area (Å²) in [6, 6.07) is 3.63. The smallest absolute Gasteiger partial charge is 0.346 e. The molecule has 3 heterocycles. The van der Waals surface area contributed by atoms with Gasteiger partial charge in [-0.05, 0) is 24.6 Å². The van der Waals surface area contributed by atoms with Crippen LogP contribution in [-0.4, -0.2) is 26.0 Å². The van der Waals surface area contributed by atoms with Gasteiger partial charge in [0.2, 0.25) is 0 Å². The molecule has 2 N–H and O–H groups in total. The minimum absolute atomic E-state index is 0.290. The SMILES string of the molecule is Cc1c(C(=O)O)sc2ncnc(Nc3ccncc3)c12. The minimum Gasteiger partial charge on any atom is -0.477 e. The monoisotopic (exact) mass is 286 g/mol. The molecular weight excluding hydrogens is 276 g/mol. The zero-order chi connectivity index (χ0) is 14.1. The zero-order valence-corrected chi connectivity index (χ0v) is 11.3. The molecule has 3 rings (SSSR count). The van der Waals surface area contributed by atoms with Crippen LogP contribution in [0, 0.1) is 6.92 Å². The number of nitrogens with one attached hydrogen (secondary N) is 1. The third-order valence-corrected chi connectivity index (χ3v) is 4.05. The van der Waals surface area contributed by atoms with Crippen LogP contribution in [0.25, 0.3) is 10.2 Å². The van der Waals surface area contributed by atoms with Crippen molar-refractivity contribution < 1.29 is 9.90 Å². The Hall–Kier alpha value is -2.54. The molecule has 0 unspecified atom stereocenters. The van der Waals surface area contributed by atoms with Gasteiger partial charge in [0, 0.05) is 18.1 Å². The molecule has 0 amide bonds. The predicted octanol–water partition coefficient (Wildman–Crippen LogP) is 2.84. The number of hydrogen-bond acceptors (Lipinski definition) is 6. The van der Waals surface area contributed by atoms with Crippen LogP contribution in [0.3, 0.4) is 0 Å². The van der Waals surface area contributed by atoms with E-state index in [1.54, 1.807) is 19.3 Å². The van der Waals surface area contributed by atoms with E-state index in [9.17, 15) is 9.90 Å². The Bertz CT molecular complexity index is 786. The van der Waals surface area contributed by atoms with Crippen LogP contribution < -0.4 is 5.32 Å². The third kappa shape index (κ3) is 2.08. The molecule has 7 heteroatoms. The highest BCUT2D eigenvalue weighted by molar-refractivity contribution is 7.20. The number of aromatic carboxylic acids is 1. The molecule has 20 heavy (non-hydrogen) atoms. The highest BCUT2D eigenvalue weighted by Crippen LogP contribution is 2.34. The number of nitrogens with zero attached hydrogens (tertiary/aromatic N) is 3. The molecule has 0 bridgehead atoms. The Balaban J connectivity index is 2.14. The standard InChI is InChI=1S/C13H10N4O2S/c1-7-9-11(17-8-2-4-14-5-3-8)15-6-16-12(9)20-10(7)13(18)19/h2-6H,1H3,(H,18,19)(H,14,15,16,17). The van der Waals surface area contributed by atoms with Gasteiger partial charge in [0.15, 0.2) is 0 Å². The zero-order valence-electron chi connectivity index (χ0n) is 10.5. The first-order valence-corrected chi connectivity index (χ1v) is 6.63. The summed E-state index contributed by atoms with van der Waals surface area (Å²) < 4.78 is 0. The summed E-state index contributed by atoms with van der Waals surface area (Å²) in [5.74, 6) is -0.345. The number of carboxylic acid groups (broad SMARTS) is 1. The molecule has 3 aromatic rings. The number of carbonyl (C=O) groups is 1. The van der Waals surface area contributed by atoms with E-state index < -0.39 is 5.97 Å². The van der Waals surface area contributed by atoms with Gasteiger partial charge in [0.05, 0.1) is 5.39 Å². The van der Waals surface area contributed by atoms with Crippen LogP contribution >= 0.6 is 11.3 Å². The molecule has 0 spiro atoms. The lowest BCUT2D eigenvalue weighted by Crippen LogP contribution is -1.97. The second kappa shape index (κ2) is 4.86. The number of aromatic nitrogens is 3. The van der Waals surface area contributed by atoms with E-state index in [2.05, 4.69) is 20.3 Å². The summed E-state index contributed by atoms with van der Waals surface area (Å²) in [6.07, 6.45) is 4.77. The van der Waals surface area contributed by atoms with Gasteiger partial charge in [0.25, 0.3) is 0 Å². The van der Waals surface area contributed by atoms with Crippen LogP contribution in [0.4, 0.5) is 11.5 Å². The first kappa shape index (κ1) is 12.5. The second-order valence-corrected chi connectivity index (χ2v) is 5.12. The Kier molecular flexibility index (Phi) is 3.03. The fourth-order valence-electron chi connectivity index (χ4n) is 1.94. The van der Waals surface area contributed by atoms with Crippen LogP contribution in [0.5, 0.6) is 0 Å². The van der Waals surface area contributed by atoms with Gasteiger partial charge in [0.1, 0.15) is 21.9 Å². The number of aryl methyl sites for hydroxylation is 1. The number of pyridine rings is 1. The first-order valence-electron chi connectivity index (χ1n) is 5.81. The predicted molar refractivity (Wildman–Crippen MR) is 76.6 cm³/mol. The molecule has 100 valence electrons. The molecule has 0 aliphatic heterocycles. The van der Waals surface area contributed by atoms with Crippen molar-refractivity contribution in [1.82, 2.24) is 15.0 Å². The van der Waals surface area contributed by atoms with Crippen molar-refractivity contribution in [1.29, 1.82) is 0 Å². The van der Waals surface area contributed by atoms with Crippen molar-refractivity contribution in [3.05, 3.63) is 41.3 Å². The fourth-order valence-corrected chi connectivity index (χ4v) is 2.93. The molecule has 0 atom stereocenters. The molecule has 0 saturated heterocycles. The molecule has 0 aromatic carbocycles. The van der Waals surface area contributed by atoms with Gasteiger partial charge >= 0.3 is 5.97 Å². The van der Waals surface area contributed by atoms with Crippen molar-refractivity contribution in [3.63, 3.8) is 0 Å². The molecular formula is C13H10N4O2S. The lowest BCUT2D eigenvalue weighted by atomic mass is 10.2. The number of rotatable bonds is 3. The van der Waals surface area contributed by atoms with Gasteiger partial charge in [-0.25, -0.2) is 14.8 Å². The van der Waals surface area contributed by atoms with Gasteiger partial charge in [-0.15, -0.1) is 11.3 Å². The summed E-state index contributed by atoms with van der Waals surface area (Å²) in [5, 5.41) is 13.1. The van der Waals surface area contributed by atoms with E-state index in [-0.39, 0.29) is 0 Å². The molecule has 3 aromatic heterocycles. The molecule has 6 nitrogen and oxygen atoms in total. The maximum Gasteiger partial charge on any atom is 0.346 e. The first-order chi connectivity index (χ1) is 9.66. The maximum absolute atomic E-state index is 11.2. The van der Waals surface area contributed by atoms with Crippen molar-refractivity contribution in [3.8, 4) is 0 Å². The van der Waals surface area contributed by atoms with Crippen LogP contribution in [0.2, 0.25) is 0 Å². The Morgan fingerprint density at radius 2 is 2.05 bits per heavy atom. The lowest BCUT2D eigenvalue weighted by molar-refractivity contribution is 0.0701. The van der Waals surface area contributed by atoms with Crippen molar-refractivity contribution >= 4 is 39.0 Å². The quantitative estimate of drug-likeness (QED) is 0.769. The van der Waals surface area contributed by atoms with E-state index in [0.29, 0.717) is 21.1 Å². The van der Waals surface area contributed by atoms with E-state index in [0.717, 1.165) is 22.4 Å². The summed E-state index contributed by atoms with van der Waals surface area (Å²) >= 11 is 1.15. The minimum atomic E-state index is -0.944. The largest absolute Gasteiger partial charge is 0.477 e. The van der Waals surface area contributed by atoms with Gasteiger partial charge < -0.3 is 10.4 Å². The number of hydrogen-bond donors (Lipinski definition) is 2. The number of anilines is 2. The van der Waals surface area contributed by atoms with Crippen molar-refractivity contribution in [2.45, 2.75) is 6.92 Å². The Morgan fingerprint density at radius 3 is 2.75 bits per heavy atom. The Labute approximate surface area is 118 Å². The Morgan fingerprint density at radius 1 is 1.30 bits per heavy atom. The molecule has 0 radical (unpaired) electrons.